The van der Waals surface area contributed by atoms with Crippen LogP contribution in [-0.2, 0) is 0 Å². The summed E-state index contributed by atoms with van der Waals surface area (Å²) in [5.74, 6) is 0.209. The van der Waals surface area contributed by atoms with Gasteiger partial charge in [0.25, 0.3) is 0 Å². The third-order valence-corrected chi connectivity index (χ3v) is 2.13. The highest BCUT2D eigenvalue weighted by atomic mass is 16.3. The van der Waals surface area contributed by atoms with Crippen LogP contribution in [0.4, 0.5) is 17.1 Å². The first-order valence-corrected chi connectivity index (χ1v) is 4.67. The third kappa shape index (κ3) is 2.02. The Morgan fingerprint density at radius 3 is 2.13 bits per heavy atom. The van der Waals surface area contributed by atoms with Gasteiger partial charge in [0.2, 0.25) is 0 Å². The van der Waals surface area contributed by atoms with Crippen molar-refractivity contribution < 1.29 is 5.11 Å². The SMILES string of the molecule is Nc1ccccc1Nc1ccccc1O. The Kier molecular flexibility index (Phi) is 2.46. The van der Waals surface area contributed by atoms with Crippen molar-refractivity contribution in [3.63, 3.8) is 0 Å². The number of anilines is 3. The van der Waals surface area contributed by atoms with E-state index in [2.05, 4.69) is 5.32 Å². The van der Waals surface area contributed by atoms with Crippen LogP contribution in [0.15, 0.2) is 48.5 Å². The van der Waals surface area contributed by atoms with Crippen molar-refractivity contribution in [2.75, 3.05) is 11.1 Å². The molecule has 0 amide bonds. The second-order valence-corrected chi connectivity index (χ2v) is 3.23. The minimum atomic E-state index is 0.209. The van der Waals surface area contributed by atoms with Gasteiger partial charge in [-0.15, -0.1) is 0 Å². The molecule has 2 aromatic carbocycles. The zero-order chi connectivity index (χ0) is 10.7. The maximum atomic E-state index is 9.56. The van der Waals surface area contributed by atoms with Gasteiger partial charge in [-0.3, -0.25) is 0 Å². The van der Waals surface area contributed by atoms with Gasteiger partial charge in [0.05, 0.1) is 17.1 Å². The van der Waals surface area contributed by atoms with Crippen LogP contribution in [0.1, 0.15) is 0 Å². The lowest BCUT2D eigenvalue weighted by Crippen LogP contribution is -1.95. The molecule has 0 bridgehead atoms. The Bertz CT molecular complexity index is 425. The largest absolute Gasteiger partial charge is 0.506 e. The number of nitrogens with two attached hydrogens (primary N) is 1. The van der Waals surface area contributed by atoms with Crippen molar-refractivity contribution in [3.8, 4) is 5.75 Å². The lowest BCUT2D eigenvalue weighted by Gasteiger charge is -2.09. The van der Waals surface area contributed by atoms with Crippen LogP contribution >= 0.6 is 0 Å². The number of rotatable bonds is 2. The summed E-state index contributed by atoms with van der Waals surface area (Å²) < 4.78 is 0. The summed E-state index contributed by atoms with van der Waals surface area (Å²) in [7, 11) is 0. The molecule has 0 aliphatic carbocycles. The van der Waals surface area contributed by atoms with E-state index in [0.29, 0.717) is 11.4 Å². The quantitative estimate of drug-likeness (QED) is 0.516. The van der Waals surface area contributed by atoms with Gasteiger partial charge in [0, 0.05) is 0 Å². The molecule has 0 heterocycles. The Morgan fingerprint density at radius 2 is 1.47 bits per heavy atom. The predicted octanol–water partition coefficient (Wildman–Crippen LogP) is 2.72. The number of benzene rings is 2. The summed E-state index contributed by atoms with van der Waals surface area (Å²) >= 11 is 0. The van der Waals surface area contributed by atoms with E-state index in [1.54, 1.807) is 18.2 Å². The van der Waals surface area contributed by atoms with Crippen molar-refractivity contribution in [2.45, 2.75) is 0 Å². The van der Waals surface area contributed by atoms with Crippen LogP contribution in [0.2, 0.25) is 0 Å². The van der Waals surface area contributed by atoms with Crippen molar-refractivity contribution in [1.29, 1.82) is 0 Å². The Morgan fingerprint density at radius 1 is 0.867 bits per heavy atom. The smallest absolute Gasteiger partial charge is 0.139 e. The summed E-state index contributed by atoms with van der Waals surface area (Å²) in [5.41, 5.74) is 7.87. The van der Waals surface area contributed by atoms with Crippen LogP contribution in [0.3, 0.4) is 0 Å². The molecule has 3 nitrogen and oxygen atoms in total. The van der Waals surface area contributed by atoms with Gasteiger partial charge in [-0.2, -0.15) is 0 Å². The molecule has 0 radical (unpaired) electrons. The standard InChI is InChI=1S/C12H12N2O/c13-9-5-1-2-6-10(9)14-11-7-3-4-8-12(11)15/h1-8,14-15H,13H2. The van der Waals surface area contributed by atoms with Crippen LogP contribution in [0.5, 0.6) is 5.75 Å². The van der Waals surface area contributed by atoms with Gasteiger partial charge in [-0.05, 0) is 24.3 Å². The number of nitrogen functional groups attached to an aromatic ring is 1. The maximum absolute atomic E-state index is 9.56. The summed E-state index contributed by atoms with van der Waals surface area (Å²) in [5, 5.41) is 12.6. The molecule has 2 rings (SSSR count). The van der Waals surface area contributed by atoms with Crippen molar-refractivity contribution in [1.82, 2.24) is 0 Å². The van der Waals surface area contributed by atoms with Gasteiger partial charge in [-0.1, -0.05) is 24.3 Å². The van der Waals surface area contributed by atoms with Crippen molar-refractivity contribution >= 4 is 17.1 Å². The first-order chi connectivity index (χ1) is 7.27. The molecule has 0 aliphatic rings. The highest BCUT2D eigenvalue weighted by Crippen LogP contribution is 2.28. The molecule has 0 spiro atoms. The van der Waals surface area contributed by atoms with E-state index >= 15 is 0 Å². The van der Waals surface area contributed by atoms with E-state index in [4.69, 9.17) is 5.73 Å². The first kappa shape index (κ1) is 9.40. The van der Waals surface area contributed by atoms with E-state index in [1.165, 1.54) is 0 Å². The van der Waals surface area contributed by atoms with E-state index in [9.17, 15) is 5.11 Å². The summed E-state index contributed by atoms with van der Waals surface area (Å²) in [6.45, 7) is 0. The number of phenols is 1. The third-order valence-electron chi connectivity index (χ3n) is 2.13. The van der Waals surface area contributed by atoms with Gasteiger partial charge >= 0.3 is 0 Å². The van der Waals surface area contributed by atoms with Crippen LogP contribution in [0.25, 0.3) is 0 Å². The van der Waals surface area contributed by atoms with Crippen LogP contribution in [-0.4, -0.2) is 5.11 Å². The molecule has 0 saturated heterocycles. The molecule has 15 heavy (non-hydrogen) atoms. The minimum Gasteiger partial charge on any atom is -0.506 e. The van der Waals surface area contributed by atoms with Gasteiger partial charge in [0.15, 0.2) is 0 Å². The van der Waals surface area contributed by atoms with Crippen LogP contribution < -0.4 is 11.1 Å². The Hall–Kier alpha value is -2.16. The molecule has 0 saturated carbocycles. The number of para-hydroxylation sites is 4. The fraction of sp³-hybridized carbons (Fsp3) is 0. The molecule has 0 atom stereocenters. The minimum absolute atomic E-state index is 0.209. The summed E-state index contributed by atoms with van der Waals surface area (Å²) in [4.78, 5) is 0. The van der Waals surface area contributed by atoms with E-state index < -0.39 is 0 Å². The molecule has 2 aromatic rings. The molecule has 4 N–H and O–H groups in total. The second-order valence-electron chi connectivity index (χ2n) is 3.23. The molecular weight excluding hydrogens is 188 g/mol. The molecule has 0 unspecified atom stereocenters. The van der Waals surface area contributed by atoms with Crippen molar-refractivity contribution in [3.05, 3.63) is 48.5 Å². The molecule has 76 valence electrons. The number of aromatic hydroxyl groups is 1. The summed E-state index contributed by atoms with van der Waals surface area (Å²) in [6.07, 6.45) is 0. The predicted molar refractivity (Wildman–Crippen MR) is 62.2 cm³/mol. The van der Waals surface area contributed by atoms with Crippen molar-refractivity contribution in [2.24, 2.45) is 0 Å². The fourth-order valence-corrected chi connectivity index (χ4v) is 1.34. The Labute approximate surface area is 88.2 Å². The molecule has 3 heteroatoms. The number of phenolic OH excluding ortho intramolecular Hbond substituents is 1. The van der Waals surface area contributed by atoms with Gasteiger partial charge in [0.1, 0.15) is 5.75 Å². The first-order valence-electron chi connectivity index (χ1n) is 4.67. The van der Waals surface area contributed by atoms with E-state index in [1.807, 2.05) is 30.3 Å². The highest BCUT2D eigenvalue weighted by Gasteiger charge is 2.01. The number of hydrogen-bond donors (Lipinski definition) is 3. The normalized spacial score (nSPS) is 9.87. The van der Waals surface area contributed by atoms with Gasteiger partial charge in [-0.25, -0.2) is 0 Å². The average Bonchev–Trinajstić information content (AvgIpc) is 2.24. The molecule has 0 aromatic heterocycles. The van der Waals surface area contributed by atoms with E-state index in [-0.39, 0.29) is 5.75 Å². The molecular formula is C12H12N2O. The van der Waals surface area contributed by atoms with Crippen LogP contribution in [0, 0.1) is 0 Å². The molecule has 0 fully saturated rings. The topological polar surface area (TPSA) is 58.3 Å². The average molecular weight is 200 g/mol. The lowest BCUT2D eigenvalue weighted by molar-refractivity contribution is 0.478. The zero-order valence-corrected chi connectivity index (χ0v) is 8.14. The lowest BCUT2D eigenvalue weighted by atomic mass is 10.2. The monoisotopic (exact) mass is 200 g/mol. The number of hydrogen-bond acceptors (Lipinski definition) is 3. The second kappa shape index (κ2) is 3.92. The molecule has 0 aliphatic heterocycles. The Balaban J connectivity index is 2.30. The number of nitrogens with one attached hydrogen (secondary N) is 1. The van der Waals surface area contributed by atoms with Gasteiger partial charge < -0.3 is 16.2 Å². The summed E-state index contributed by atoms with van der Waals surface area (Å²) in [6, 6.07) is 14.5. The zero-order valence-electron chi connectivity index (χ0n) is 8.14. The maximum Gasteiger partial charge on any atom is 0.139 e. The fourth-order valence-electron chi connectivity index (χ4n) is 1.34. The van der Waals surface area contributed by atoms with E-state index in [0.717, 1.165) is 5.69 Å². The highest BCUT2D eigenvalue weighted by molar-refractivity contribution is 5.74.